The molecule has 30 heavy (non-hydrogen) atoms. The minimum absolute atomic E-state index is 0.0453. The second-order valence-electron chi connectivity index (χ2n) is 7.49. The van der Waals surface area contributed by atoms with Gasteiger partial charge in [0.2, 0.25) is 0 Å². The summed E-state index contributed by atoms with van der Waals surface area (Å²) in [5.74, 6) is -1.74. The van der Waals surface area contributed by atoms with E-state index >= 15 is 0 Å². The van der Waals surface area contributed by atoms with E-state index in [9.17, 15) is 13.6 Å². The molecule has 5 N–H and O–H groups in total. The third-order valence-corrected chi connectivity index (χ3v) is 6.27. The molecular formula is C20H22F2N6OS. The number of carbonyl (C=O) groups is 1. The number of benzene rings is 1. The lowest BCUT2D eigenvalue weighted by Crippen LogP contribution is -2.35. The van der Waals surface area contributed by atoms with E-state index in [1.807, 2.05) is 0 Å². The predicted molar refractivity (Wildman–Crippen MR) is 112 cm³/mol. The van der Waals surface area contributed by atoms with E-state index in [0.717, 1.165) is 49.2 Å². The number of amides is 1. The van der Waals surface area contributed by atoms with E-state index in [1.54, 1.807) is 17.9 Å². The first-order chi connectivity index (χ1) is 14.3. The quantitative estimate of drug-likeness (QED) is 0.573. The fourth-order valence-corrected chi connectivity index (χ4v) is 4.92. The minimum Gasteiger partial charge on any atom is -0.365 e. The van der Waals surface area contributed by atoms with Crippen molar-refractivity contribution < 1.29 is 13.6 Å². The molecule has 2 heterocycles. The zero-order chi connectivity index (χ0) is 21.4. The summed E-state index contributed by atoms with van der Waals surface area (Å²) in [6.07, 6.45) is 5.51. The van der Waals surface area contributed by atoms with Crippen LogP contribution in [0.4, 0.5) is 14.6 Å². The molecule has 1 aliphatic carbocycles. The van der Waals surface area contributed by atoms with Gasteiger partial charge in [-0.25, -0.2) is 13.8 Å². The van der Waals surface area contributed by atoms with Gasteiger partial charge in [-0.2, -0.15) is 5.10 Å². The Morgan fingerprint density at radius 3 is 2.70 bits per heavy atom. The molecule has 7 nitrogen and oxygen atoms in total. The first-order valence-corrected chi connectivity index (χ1v) is 10.5. The molecule has 1 amide bonds. The molecule has 2 aromatic heterocycles. The number of hydrogen-bond acceptors (Lipinski definition) is 6. The fourth-order valence-electron chi connectivity index (χ4n) is 3.79. The molecule has 0 aliphatic heterocycles. The van der Waals surface area contributed by atoms with Crippen molar-refractivity contribution in [2.75, 3.05) is 5.32 Å². The lowest BCUT2D eigenvalue weighted by Gasteiger charge is -2.27. The third kappa shape index (κ3) is 3.92. The summed E-state index contributed by atoms with van der Waals surface area (Å²) in [6, 6.07) is 3.84. The van der Waals surface area contributed by atoms with E-state index < -0.39 is 17.5 Å². The van der Waals surface area contributed by atoms with Gasteiger partial charge in [0.25, 0.3) is 5.91 Å². The number of thiazole rings is 1. The summed E-state index contributed by atoms with van der Waals surface area (Å²) >= 11 is 1.00. The number of carbonyl (C=O) groups excluding carboxylic acids is 1. The number of nitrogens with zero attached hydrogens (tertiary/aromatic N) is 3. The number of nitrogens with two attached hydrogens (primary N) is 2. The Kier molecular flexibility index (Phi) is 5.52. The Hall–Kier alpha value is -2.85. The minimum atomic E-state index is -0.779. The van der Waals surface area contributed by atoms with Crippen LogP contribution < -0.4 is 16.8 Å². The number of aryl methyl sites for hydroxylation is 1. The summed E-state index contributed by atoms with van der Waals surface area (Å²) < 4.78 is 30.2. The molecule has 10 heteroatoms. The van der Waals surface area contributed by atoms with Gasteiger partial charge in [0.1, 0.15) is 22.3 Å². The van der Waals surface area contributed by atoms with E-state index in [4.69, 9.17) is 11.5 Å². The molecule has 0 saturated heterocycles. The third-order valence-electron chi connectivity index (χ3n) is 5.17. The van der Waals surface area contributed by atoms with Gasteiger partial charge in [-0.1, -0.05) is 6.07 Å². The van der Waals surface area contributed by atoms with Gasteiger partial charge in [0.05, 0.1) is 16.0 Å². The Balaban J connectivity index is 1.77. The van der Waals surface area contributed by atoms with Gasteiger partial charge in [0, 0.05) is 25.3 Å². The number of primary amides is 1. The zero-order valence-electron chi connectivity index (χ0n) is 16.4. The molecule has 1 fully saturated rings. The monoisotopic (exact) mass is 432 g/mol. The van der Waals surface area contributed by atoms with Crippen LogP contribution in [-0.4, -0.2) is 32.8 Å². The molecule has 0 bridgehead atoms. The van der Waals surface area contributed by atoms with E-state index in [-0.39, 0.29) is 28.3 Å². The fraction of sp³-hybridized carbons (Fsp3) is 0.350. The van der Waals surface area contributed by atoms with Gasteiger partial charge < -0.3 is 16.8 Å². The molecule has 2 atom stereocenters. The molecule has 3 aromatic rings. The van der Waals surface area contributed by atoms with Crippen LogP contribution in [0, 0.1) is 11.6 Å². The van der Waals surface area contributed by atoms with Crippen molar-refractivity contribution in [2.24, 2.45) is 18.5 Å². The second kappa shape index (κ2) is 8.11. The van der Waals surface area contributed by atoms with Crippen molar-refractivity contribution in [1.29, 1.82) is 0 Å². The van der Waals surface area contributed by atoms with Crippen LogP contribution in [0.2, 0.25) is 0 Å². The Labute approximate surface area is 176 Å². The van der Waals surface area contributed by atoms with Crippen LogP contribution in [0.3, 0.4) is 0 Å². The lowest BCUT2D eigenvalue weighted by atomic mass is 9.91. The topological polar surface area (TPSA) is 112 Å². The highest BCUT2D eigenvalue weighted by molar-refractivity contribution is 7.18. The molecule has 1 saturated carbocycles. The van der Waals surface area contributed by atoms with Gasteiger partial charge >= 0.3 is 0 Å². The van der Waals surface area contributed by atoms with Gasteiger partial charge in [-0.05, 0) is 37.8 Å². The first-order valence-electron chi connectivity index (χ1n) is 9.64. The Bertz CT molecular complexity index is 1070. The summed E-state index contributed by atoms with van der Waals surface area (Å²) in [6.45, 7) is 0. The number of halogens is 2. The molecule has 1 aliphatic rings. The van der Waals surface area contributed by atoms with Crippen molar-refractivity contribution in [2.45, 2.75) is 37.8 Å². The zero-order valence-corrected chi connectivity index (χ0v) is 17.2. The molecular weight excluding hydrogens is 410 g/mol. The Morgan fingerprint density at radius 2 is 2.03 bits per heavy atom. The molecule has 1 aromatic carbocycles. The number of aromatic nitrogens is 3. The average molecular weight is 433 g/mol. The maximum atomic E-state index is 14.3. The smallest absolute Gasteiger partial charge is 0.268 e. The van der Waals surface area contributed by atoms with Gasteiger partial charge in [-0.3, -0.25) is 9.48 Å². The van der Waals surface area contributed by atoms with Crippen LogP contribution in [0.1, 0.15) is 36.2 Å². The van der Waals surface area contributed by atoms with Crippen LogP contribution in [0.5, 0.6) is 0 Å². The maximum Gasteiger partial charge on any atom is 0.268 e. The van der Waals surface area contributed by atoms with Crippen LogP contribution in [0.15, 0.2) is 24.4 Å². The number of nitrogens with one attached hydrogen (secondary N) is 1. The molecule has 0 spiro atoms. The number of anilines is 1. The SMILES string of the molecule is Cn1cc(-c2sc(-c3c(F)cccc3F)nc2C(N)=O)c(N[C@H]2CCC[C@@H](N)C2)n1. The highest BCUT2D eigenvalue weighted by Gasteiger charge is 2.27. The van der Waals surface area contributed by atoms with Crippen molar-refractivity contribution in [1.82, 2.24) is 14.8 Å². The summed E-state index contributed by atoms with van der Waals surface area (Å²) in [7, 11) is 1.75. The van der Waals surface area contributed by atoms with E-state index in [1.165, 1.54) is 6.07 Å². The van der Waals surface area contributed by atoms with Crippen molar-refractivity contribution >= 4 is 23.1 Å². The largest absolute Gasteiger partial charge is 0.365 e. The van der Waals surface area contributed by atoms with E-state index in [0.29, 0.717) is 16.3 Å². The van der Waals surface area contributed by atoms with Crippen LogP contribution in [0.25, 0.3) is 21.0 Å². The highest BCUT2D eigenvalue weighted by atomic mass is 32.1. The Morgan fingerprint density at radius 1 is 1.30 bits per heavy atom. The number of rotatable bonds is 5. The molecule has 0 radical (unpaired) electrons. The van der Waals surface area contributed by atoms with Crippen molar-refractivity contribution in [3.63, 3.8) is 0 Å². The molecule has 158 valence electrons. The highest BCUT2D eigenvalue weighted by Crippen LogP contribution is 2.40. The standard InChI is InChI=1S/C20H22F2N6OS/c1-28-9-12(19(27-28)25-11-5-2-4-10(23)8-11)17-16(18(24)29)26-20(30-17)15-13(21)6-3-7-14(15)22/h3,6-7,9-11H,2,4-5,8,23H2,1H3,(H2,24,29)(H,25,27)/t10-,11+/m1/s1. The van der Waals surface area contributed by atoms with Crippen molar-refractivity contribution in [3.05, 3.63) is 41.7 Å². The summed E-state index contributed by atoms with van der Waals surface area (Å²) in [5, 5.41) is 7.92. The average Bonchev–Trinajstić information content (AvgIpc) is 3.25. The predicted octanol–water partition coefficient (Wildman–Crippen LogP) is 3.27. The lowest BCUT2D eigenvalue weighted by molar-refractivity contribution is 0.0997. The molecule has 4 rings (SSSR count). The second-order valence-corrected chi connectivity index (χ2v) is 8.49. The van der Waals surface area contributed by atoms with Crippen LogP contribution in [-0.2, 0) is 7.05 Å². The number of hydrogen-bond donors (Lipinski definition) is 3. The van der Waals surface area contributed by atoms with Crippen LogP contribution >= 0.6 is 11.3 Å². The van der Waals surface area contributed by atoms with Crippen molar-refractivity contribution in [3.8, 4) is 21.0 Å². The van der Waals surface area contributed by atoms with Gasteiger partial charge in [-0.15, -0.1) is 11.3 Å². The normalized spacial score (nSPS) is 19.1. The summed E-state index contributed by atoms with van der Waals surface area (Å²) in [5.41, 5.74) is 11.9. The first kappa shape index (κ1) is 20.4. The molecule has 0 unspecified atom stereocenters. The van der Waals surface area contributed by atoms with E-state index in [2.05, 4.69) is 15.4 Å². The summed E-state index contributed by atoms with van der Waals surface area (Å²) in [4.78, 5) is 16.7. The maximum absolute atomic E-state index is 14.3. The van der Waals surface area contributed by atoms with Gasteiger partial charge in [0.15, 0.2) is 5.82 Å².